The third kappa shape index (κ3) is 4.12. The van der Waals surface area contributed by atoms with E-state index in [1.807, 2.05) is 79.9 Å². The lowest BCUT2D eigenvalue weighted by molar-refractivity contribution is -0.123. The third-order valence-corrected chi connectivity index (χ3v) is 5.45. The summed E-state index contributed by atoms with van der Waals surface area (Å²) in [5.74, 6) is -0.123. The Balaban J connectivity index is 1.52. The maximum absolute atomic E-state index is 12.7. The van der Waals surface area contributed by atoms with E-state index in [1.165, 1.54) is 0 Å². The van der Waals surface area contributed by atoms with Crippen molar-refractivity contribution < 1.29 is 14.3 Å². The first-order valence-electron chi connectivity index (χ1n) is 10.5. The number of hydrogen-bond acceptors (Lipinski definition) is 4. The van der Waals surface area contributed by atoms with E-state index < -0.39 is 12.1 Å². The van der Waals surface area contributed by atoms with Crippen LogP contribution in [0.1, 0.15) is 34.2 Å². The van der Waals surface area contributed by atoms with E-state index >= 15 is 0 Å². The Bertz CT molecular complexity index is 1290. The minimum Gasteiger partial charge on any atom is -0.449 e. The van der Waals surface area contributed by atoms with Crippen molar-refractivity contribution in [2.24, 2.45) is 0 Å². The minimum absolute atomic E-state index is 0.349. The van der Waals surface area contributed by atoms with Crippen molar-refractivity contribution in [3.8, 4) is 5.69 Å². The van der Waals surface area contributed by atoms with E-state index in [1.54, 1.807) is 19.1 Å². The summed E-state index contributed by atoms with van der Waals surface area (Å²) in [6, 6.07) is 20.9. The molecule has 1 heterocycles. The number of esters is 1. The monoisotopic (exact) mass is 427 g/mol. The second-order valence-electron chi connectivity index (χ2n) is 7.84. The van der Waals surface area contributed by atoms with Crippen molar-refractivity contribution in [3.05, 3.63) is 89.2 Å². The van der Waals surface area contributed by atoms with E-state index in [4.69, 9.17) is 4.74 Å². The Morgan fingerprint density at radius 1 is 0.938 bits per heavy atom. The van der Waals surface area contributed by atoms with Crippen LogP contribution < -0.4 is 5.32 Å². The molecule has 0 aliphatic carbocycles. The maximum Gasteiger partial charge on any atom is 0.338 e. The van der Waals surface area contributed by atoms with E-state index in [9.17, 15) is 9.59 Å². The molecule has 4 aromatic rings. The summed E-state index contributed by atoms with van der Waals surface area (Å²) in [6.07, 6.45) is -0.944. The first-order valence-corrected chi connectivity index (χ1v) is 10.5. The number of amides is 1. The summed E-state index contributed by atoms with van der Waals surface area (Å²) >= 11 is 0. The van der Waals surface area contributed by atoms with Crippen LogP contribution in [0.3, 0.4) is 0 Å². The highest BCUT2D eigenvalue weighted by Gasteiger charge is 2.21. The van der Waals surface area contributed by atoms with Crippen LogP contribution in [0.5, 0.6) is 0 Å². The molecule has 0 fully saturated rings. The molecule has 162 valence electrons. The number of aryl methyl sites for hydroxylation is 3. The molecule has 4 rings (SSSR count). The van der Waals surface area contributed by atoms with Crippen molar-refractivity contribution in [3.63, 3.8) is 0 Å². The number of ether oxygens (including phenoxy) is 1. The highest BCUT2D eigenvalue weighted by atomic mass is 16.5. The Morgan fingerprint density at radius 2 is 1.62 bits per heavy atom. The van der Waals surface area contributed by atoms with Gasteiger partial charge in [0.15, 0.2) is 6.10 Å². The average Bonchev–Trinajstić information content (AvgIpc) is 3.11. The molecule has 1 amide bonds. The highest BCUT2D eigenvalue weighted by Crippen LogP contribution is 2.23. The molecule has 0 bridgehead atoms. The molecular weight excluding hydrogens is 402 g/mol. The number of aromatic nitrogens is 2. The molecule has 0 saturated heterocycles. The zero-order valence-corrected chi connectivity index (χ0v) is 18.5. The normalized spacial score (nSPS) is 11.9. The van der Waals surface area contributed by atoms with Gasteiger partial charge in [0.25, 0.3) is 5.91 Å². The molecule has 0 aliphatic heterocycles. The van der Waals surface area contributed by atoms with Crippen molar-refractivity contribution in [1.82, 2.24) is 9.55 Å². The van der Waals surface area contributed by atoms with Gasteiger partial charge in [-0.15, -0.1) is 0 Å². The number of para-hydroxylation sites is 2. The van der Waals surface area contributed by atoms with Crippen molar-refractivity contribution in [2.75, 3.05) is 5.32 Å². The number of hydrogen-bond donors (Lipinski definition) is 1. The Hall–Kier alpha value is -3.93. The number of anilines is 1. The molecule has 0 spiro atoms. The minimum atomic E-state index is -0.944. The van der Waals surface area contributed by atoms with E-state index in [0.29, 0.717) is 11.1 Å². The first kappa shape index (κ1) is 21.3. The topological polar surface area (TPSA) is 73.2 Å². The lowest BCUT2D eigenvalue weighted by Gasteiger charge is -2.16. The molecule has 3 aromatic carbocycles. The van der Waals surface area contributed by atoms with E-state index in [0.717, 1.165) is 33.8 Å². The van der Waals surface area contributed by atoms with Crippen LogP contribution >= 0.6 is 0 Å². The first-order chi connectivity index (χ1) is 15.3. The maximum atomic E-state index is 12.7. The number of carbonyl (C=O) groups is 2. The molecule has 0 aliphatic rings. The van der Waals surface area contributed by atoms with Gasteiger partial charge in [-0.05, 0) is 69.2 Å². The van der Waals surface area contributed by atoms with Gasteiger partial charge in [-0.1, -0.05) is 36.4 Å². The van der Waals surface area contributed by atoms with Gasteiger partial charge < -0.3 is 10.1 Å². The number of nitrogens with zero attached hydrogens (tertiary/aromatic N) is 2. The number of imidazole rings is 1. The van der Waals surface area contributed by atoms with Crippen molar-refractivity contribution in [2.45, 2.75) is 33.8 Å². The van der Waals surface area contributed by atoms with Crippen LogP contribution in [0.4, 0.5) is 5.69 Å². The fraction of sp³-hybridized carbons (Fsp3) is 0.192. The molecular formula is C26H25N3O3. The summed E-state index contributed by atoms with van der Waals surface area (Å²) in [6.45, 7) is 7.33. The molecule has 1 atom stereocenters. The van der Waals surface area contributed by atoms with Gasteiger partial charge >= 0.3 is 5.97 Å². The van der Waals surface area contributed by atoms with Crippen molar-refractivity contribution in [1.29, 1.82) is 0 Å². The smallest absolute Gasteiger partial charge is 0.338 e. The number of benzene rings is 3. The van der Waals surface area contributed by atoms with E-state index in [-0.39, 0.29) is 5.91 Å². The standard InChI is InChI=1S/C26H25N3O3/c1-16-9-8-10-17(2)24(16)28-25(30)18(3)32-26(31)20-13-14-23-22(15-20)27-19(4)29(23)21-11-6-5-7-12-21/h5-15,18H,1-4H3,(H,28,30). The summed E-state index contributed by atoms with van der Waals surface area (Å²) in [4.78, 5) is 29.9. The van der Waals surface area contributed by atoms with E-state index in [2.05, 4.69) is 10.3 Å². The summed E-state index contributed by atoms with van der Waals surface area (Å²) in [5.41, 5.74) is 5.57. The lowest BCUT2D eigenvalue weighted by Crippen LogP contribution is -2.30. The summed E-state index contributed by atoms with van der Waals surface area (Å²) in [7, 11) is 0. The highest BCUT2D eigenvalue weighted by molar-refractivity contribution is 5.99. The van der Waals surface area contributed by atoms with Crippen LogP contribution in [0.2, 0.25) is 0 Å². The van der Waals surface area contributed by atoms with Gasteiger partial charge in [-0.2, -0.15) is 0 Å². The zero-order chi connectivity index (χ0) is 22.8. The molecule has 6 nitrogen and oxygen atoms in total. The molecule has 1 aromatic heterocycles. The second-order valence-corrected chi connectivity index (χ2v) is 7.84. The molecule has 1 N–H and O–H groups in total. The quantitative estimate of drug-likeness (QED) is 0.448. The fourth-order valence-electron chi connectivity index (χ4n) is 3.75. The van der Waals surface area contributed by atoms with Crippen LogP contribution in [0.15, 0.2) is 66.7 Å². The van der Waals surface area contributed by atoms with Gasteiger partial charge in [0.2, 0.25) is 0 Å². The van der Waals surface area contributed by atoms with Gasteiger partial charge in [0.05, 0.1) is 16.6 Å². The van der Waals surface area contributed by atoms with Gasteiger partial charge in [0.1, 0.15) is 5.82 Å². The van der Waals surface area contributed by atoms with Gasteiger partial charge in [0, 0.05) is 11.4 Å². The zero-order valence-electron chi connectivity index (χ0n) is 18.5. The van der Waals surface area contributed by atoms with Crippen LogP contribution in [-0.2, 0) is 9.53 Å². The molecule has 0 saturated carbocycles. The fourth-order valence-corrected chi connectivity index (χ4v) is 3.75. The van der Waals surface area contributed by atoms with Crippen molar-refractivity contribution >= 4 is 28.6 Å². The number of rotatable bonds is 5. The molecule has 0 radical (unpaired) electrons. The summed E-state index contributed by atoms with van der Waals surface area (Å²) < 4.78 is 7.47. The molecule has 1 unspecified atom stereocenters. The van der Waals surface area contributed by atoms with Crippen LogP contribution in [0, 0.1) is 20.8 Å². The number of carbonyl (C=O) groups excluding carboxylic acids is 2. The number of nitrogens with one attached hydrogen (secondary N) is 1. The van der Waals surface area contributed by atoms with Crippen LogP contribution in [0.25, 0.3) is 16.7 Å². The third-order valence-electron chi connectivity index (χ3n) is 5.45. The SMILES string of the molecule is Cc1cccc(C)c1NC(=O)C(C)OC(=O)c1ccc2c(c1)nc(C)n2-c1ccccc1. The molecule has 6 heteroatoms. The Labute approximate surface area is 186 Å². The van der Waals surface area contributed by atoms with Crippen LogP contribution in [-0.4, -0.2) is 27.5 Å². The van der Waals surface area contributed by atoms with Gasteiger partial charge in [-0.25, -0.2) is 9.78 Å². The summed E-state index contributed by atoms with van der Waals surface area (Å²) in [5, 5.41) is 2.86. The predicted octanol–water partition coefficient (Wildman–Crippen LogP) is 5.13. The molecule has 32 heavy (non-hydrogen) atoms. The predicted molar refractivity (Wildman–Crippen MR) is 125 cm³/mol. The lowest BCUT2D eigenvalue weighted by atomic mass is 10.1. The van der Waals surface area contributed by atoms with Gasteiger partial charge in [-0.3, -0.25) is 9.36 Å². The average molecular weight is 428 g/mol. The Morgan fingerprint density at radius 3 is 2.31 bits per heavy atom. The number of fused-ring (bicyclic) bond motifs is 1. The second kappa shape index (κ2) is 8.67. The Kier molecular flexibility index (Phi) is 5.77. The largest absolute Gasteiger partial charge is 0.449 e.